The smallest absolute Gasteiger partial charge is 0.122 e. The molecule has 0 aromatic heterocycles. The topological polar surface area (TPSA) is 80.9 Å². The fourth-order valence-electron chi connectivity index (χ4n) is 7.33. The standard InChI is InChI=1S/C44H56O4/c1-5-9-13-29-17-33-25-35-19-30(14-10-6-2)21-37(42(35)46)27-39-23-32(16-12-8-4)24-40(44(39)48)28-38-22-31(15-11-7-3)20-36(43(38)47)26-34(18-29)41(33)45/h17-24,45-48H,5-16,25-28H2,1-4H3. The second kappa shape index (κ2) is 16.5. The third-order valence-corrected chi connectivity index (χ3v) is 10.1. The van der Waals surface area contributed by atoms with Crippen molar-refractivity contribution in [1.82, 2.24) is 0 Å². The SMILES string of the molecule is CCCCc1cc2c(O)c(c1)Cc1cc(CCCC)cc(c1O)Cc1cc(CCCC)cc(c1O)Cc1cc(CCCC)cc(c1O)C2. The maximum absolute atomic E-state index is 11.8. The molecule has 0 atom stereocenters. The number of aryl methyl sites for hydroxylation is 4. The quantitative estimate of drug-likeness (QED) is 0.109. The number of aromatic hydroxyl groups is 4. The van der Waals surface area contributed by atoms with Crippen LogP contribution in [0.2, 0.25) is 0 Å². The third-order valence-electron chi connectivity index (χ3n) is 10.1. The summed E-state index contributed by atoms with van der Waals surface area (Å²) in [6.07, 6.45) is 13.7. The number of hydrogen-bond acceptors (Lipinski definition) is 4. The van der Waals surface area contributed by atoms with Crippen LogP contribution in [0.3, 0.4) is 0 Å². The Kier molecular flexibility index (Phi) is 12.1. The lowest BCUT2D eigenvalue weighted by Gasteiger charge is -2.20. The first-order valence-electron chi connectivity index (χ1n) is 18.6. The lowest BCUT2D eigenvalue weighted by molar-refractivity contribution is 0.450. The minimum atomic E-state index is 0.241. The summed E-state index contributed by atoms with van der Waals surface area (Å²) in [6.45, 7) is 8.76. The number of fused-ring (bicyclic) bond motifs is 8. The van der Waals surface area contributed by atoms with Gasteiger partial charge in [0.1, 0.15) is 23.0 Å². The number of rotatable bonds is 12. The highest BCUT2D eigenvalue weighted by Gasteiger charge is 2.21. The average Bonchev–Trinajstić information content (AvgIpc) is 3.07. The van der Waals surface area contributed by atoms with Crippen molar-refractivity contribution in [3.63, 3.8) is 0 Å². The highest BCUT2D eigenvalue weighted by molar-refractivity contribution is 5.57. The molecule has 5 rings (SSSR count). The molecule has 1 aliphatic carbocycles. The molecule has 0 spiro atoms. The molecule has 256 valence electrons. The van der Waals surface area contributed by atoms with Crippen LogP contribution in [0.4, 0.5) is 0 Å². The summed E-state index contributed by atoms with van der Waals surface area (Å²) in [5.41, 5.74) is 11.1. The van der Waals surface area contributed by atoms with E-state index in [1.165, 1.54) is 22.3 Å². The van der Waals surface area contributed by atoms with E-state index in [0.717, 1.165) is 122 Å². The molecule has 0 aliphatic heterocycles. The zero-order valence-corrected chi connectivity index (χ0v) is 29.7. The number of hydrogen-bond donors (Lipinski definition) is 4. The molecule has 0 heterocycles. The molecule has 4 heteroatoms. The van der Waals surface area contributed by atoms with Gasteiger partial charge in [0.2, 0.25) is 0 Å². The van der Waals surface area contributed by atoms with Gasteiger partial charge in [-0.25, -0.2) is 0 Å². The summed E-state index contributed by atoms with van der Waals surface area (Å²) in [7, 11) is 0. The van der Waals surface area contributed by atoms with Gasteiger partial charge in [0, 0.05) is 25.7 Å². The van der Waals surface area contributed by atoms with E-state index in [2.05, 4.69) is 76.2 Å². The van der Waals surface area contributed by atoms with Crippen LogP contribution in [0.5, 0.6) is 23.0 Å². The zero-order valence-electron chi connectivity index (χ0n) is 29.7. The molecular weight excluding hydrogens is 592 g/mol. The van der Waals surface area contributed by atoms with Crippen LogP contribution in [-0.4, -0.2) is 20.4 Å². The van der Waals surface area contributed by atoms with Gasteiger partial charge >= 0.3 is 0 Å². The minimum Gasteiger partial charge on any atom is -0.507 e. The second-order valence-electron chi connectivity index (χ2n) is 14.2. The molecule has 0 saturated carbocycles. The first-order valence-corrected chi connectivity index (χ1v) is 18.6. The Morgan fingerprint density at radius 1 is 0.333 bits per heavy atom. The maximum atomic E-state index is 11.8. The lowest BCUT2D eigenvalue weighted by Crippen LogP contribution is -2.04. The molecule has 0 saturated heterocycles. The first-order chi connectivity index (χ1) is 23.2. The van der Waals surface area contributed by atoms with E-state index in [1.807, 2.05) is 0 Å². The van der Waals surface area contributed by atoms with E-state index in [0.29, 0.717) is 25.7 Å². The van der Waals surface area contributed by atoms with Gasteiger partial charge in [-0.15, -0.1) is 0 Å². The largest absolute Gasteiger partial charge is 0.507 e. The average molecular weight is 649 g/mol. The summed E-state index contributed by atoms with van der Waals surface area (Å²) in [5, 5.41) is 47.3. The molecule has 8 bridgehead atoms. The van der Waals surface area contributed by atoms with Crippen LogP contribution in [0.25, 0.3) is 0 Å². The van der Waals surface area contributed by atoms with E-state index in [9.17, 15) is 20.4 Å². The number of benzene rings is 4. The van der Waals surface area contributed by atoms with Gasteiger partial charge < -0.3 is 20.4 Å². The van der Waals surface area contributed by atoms with Gasteiger partial charge in [-0.05, 0) is 118 Å². The maximum Gasteiger partial charge on any atom is 0.122 e. The fraction of sp³-hybridized carbons (Fsp3) is 0.455. The van der Waals surface area contributed by atoms with Crippen molar-refractivity contribution in [3.8, 4) is 23.0 Å². The van der Waals surface area contributed by atoms with Gasteiger partial charge in [0.15, 0.2) is 0 Å². The van der Waals surface area contributed by atoms with E-state index in [1.54, 1.807) is 0 Å². The number of unbranched alkanes of at least 4 members (excludes halogenated alkanes) is 4. The van der Waals surface area contributed by atoms with Crippen LogP contribution >= 0.6 is 0 Å². The van der Waals surface area contributed by atoms with Crippen molar-refractivity contribution < 1.29 is 20.4 Å². The molecule has 0 fully saturated rings. The molecule has 0 unspecified atom stereocenters. The Morgan fingerprint density at radius 3 is 0.646 bits per heavy atom. The van der Waals surface area contributed by atoms with Crippen LogP contribution in [0, 0.1) is 0 Å². The van der Waals surface area contributed by atoms with Crippen LogP contribution < -0.4 is 0 Å². The number of phenols is 4. The van der Waals surface area contributed by atoms with E-state index < -0.39 is 0 Å². The van der Waals surface area contributed by atoms with Crippen molar-refractivity contribution >= 4 is 0 Å². The Labute approximate surface area is 288 Å². The third kappa shape index (κ3) is 8.38. The first kappa shape index (κ1) is 35.4. The highest BCUT2D eigenvalue weighted by atomic mass is 16.3. The van der Waals surface area contributed by atoms with Gasteiger partial charge in [-0.3, -0.25) is 0 Å². The van der Waals surface area contributed by atoms with Gasteiger partial charge in [-0.1, -0.05) is 102 Å². The molecule has 4 N–H and O–H groups in total. The van der Waals surface area contributed by atoms with Crippen LogP contribution in [-0.2, 0) is 51.4 Å². The van der Waals surface area contributed by atoms with Crippen molar-refractivity contribution in [1.29, 1.82) is 0 Å². The molecule has 0 amide bonds. The minimum absolute atomic E-state index is 0.241. The van der Waals surface area contributed by atoms with Crippen LogP contribution in [0.15, 0.2) is 48.5 Å². The van der Waals surface area contributed by atoms with Crippen molar-refractivity contribution in [2.24, 2.45) is 0 Å². The van der Waals surface area contributed by atoms with Crippen LogP contribution in [0.1, 0.15) is 146 Å². The Hall–Kier alpha value is -3.92. The summed E-state index contributed by atoms with van der Waals surface area (Å²) >= 11 is 0. The van der Waals surface area contributed by atoms with Crippen molar-refractivity contribution in [3.05, 3.63) is 115 Å². The molecule has 4 aromatic rings. The molecular formula is C44H56O4. The van der Waals surface area contributed by atoms with E-state index in [-0.39, 0.29) is 23.0 Å². The fourth-order valence-corrected chi connectivity index (χ4v) is 7.33. The lowest BCUT2D eigenvalue weighted by atomic mass is 9.87. The Balaban J connectivity index is 1.76. The predicted octanol–water partition coefficient (Wildman–Crippen LogP) is 10.6. The monoisotopic (exact) mass is 648 g/mol. The van der Waals surface area contributed by atoms with Crippen molar-refractivity contribution in [2.75, 3.05) is 0 Å². The zero-order chi connectivity index (χ0) is 34.2. The molecule has 4 nitrogen and oxygen atoms in total. The molecule has 1 aliphatic rings. The molecule has 48 heavy (non-hydrogen) atoms. The summed E-state index contributed by atoms with van der Waals surface area (Å²) in [4.78, 5) is 0. The van der Waals surface area contributed by atoms with Gasteiger partial charge in [0.05, 0.1) is 0 Å². The normalized spacial score (nSPS) is 12.8. The van der Waals surface area contributed by atoms with Crippen molar-refractivity contribution in [2.45, 2.75) is 130 Å². The predicted molar refractivity (Wildman–Crippen MR) is 198 cm³/mol. The Bertz CT molecular complexity index is 1370. The van der Waals surface area contributed by atoms with E-state index in [4.69, 9.17) is 0 Å². The number of phenolic OH excluding ortho intramolecular Hbond substituents is 4. The molecule has 0 radical (unpaired) electrons. The summed E-state index contributed by atoms with van der Waals surface area (Å²) in [5.74, 6) is 0.965. The summed E-state index contributed by atoms with van der Waals surface area (Å²) < 4.78 is 0. The Morgan fingerprint density at radius 2 is 0.500 bits per heavy atom. The van der Waals surface area contributed by atoms with Gasteiger partial charge in [0.25, 0.3) is 0 Å². The highest BCUT2D eigenvalue weighted by Crippen LogP contribution is 2.39. The summed E-state index contributed by atoms with van der Waals surface area (Å²) in [6, 6.07) is 16.8. The molecule has 4 aromatic carbocycles. The second-order valence-corrected chi connectivity index (χ2v) is 14.2. The van der Waals surface area contributed by atoms with Gasteiger partial charge in [-0.2, -0.15) is 0 Å². The van der Waals surface area contributed by atoms with E-state index >= 15 is 0 Å².